The van der Waals surface area contributed by atoms with Crippen molar-refractivity contribution in [3.8, 4) is 0 Å². The fraction of sp³-hybridized carbons (Fsp3) is 0.529. The van der Waals surface area contributed by atoms with Gasteiger partial charge >= 0.3 is 11.9 Å². The molecule has 0 amide bonds. The van der Waals surface area contributed by atoms with E-state index < -0.39 is 0 Å². The molecule has 0 aromatic heterocycles. The first kappa shape index (κ1) is 30.8. The zero-order chi connectivity index (χ0) is 28.2. The predicted molar refractivity (Wildman–Crippen MR) is 166 cm³/mol. The maximum absolute atomic E-state index is 12.9. The maximum atomic E-state index is 12.9. The second kappa shape index (κ2) is 16.3. The summed E-state index contributed by atoms with van der Waals surface area (Å²) in [4.78, 5) is 30.4. The molecule has 40 heavy (non-hydrogen) atoms. The fourth-order valence-electron chi connectivity index (χ4n) is 5.24. The first-order valence-corrected chi connectivity index (χ1v) is 16.9. The average Bonchev–Trinajstić information content (AvgIpc) is 3.60. The molecule has 0 radical (unpaired) electrons. The zero-order valence-corrected chi connectivity index (χ0v) is 25.9. The Labute approximate surface area is 249 Å². The number of unbranched alkanes of at least 4 members (excludes halogenated alkanes) is 10. The third-order valence-corrected chi connectivity index (χ3v) is 10.3. The van der Waals surface area contributed by atoms with Gasteiger partial charge < -0.3 is 9.47 Å². The predicted octanol–water partition coefficient (Wildman–Crippen LogP) is 9.93. The molecule has 0 N–H and O–H groups in total. The Hall–Kier alpha value is -2.18. The number of carbonyl (C=O) groups excluding carboxylic acids is 2. The molecule has 0 bridgehead atoms. The summed E-state index contributed by atoms with van der Waals surface area (Å²) in [5, 5.41) is 0. The van der Waals surface area contributed by atoms with Crippen molar-refractivity contribution in [2.75, 3.05) is 13.2 Å². The van der Waals surface area contributed by atoms with Crippen molar-refractivity contribution in [1.29, 1.82) is 0 Å². The minimum Gasteiger partial charge on any atom is -0.462 e. The van der Waals surface area contributed by atoms with Gasteiger partial charge in [-0.3, -0.25) is 0 Å². The van der Waals surface area contributed by atoms with Crippen molar-refractivity contribution >= 4 is 35.5 Å². The van der Waals surface area contributed by atoms with Gasteiger partial charge in [0.2, 0.25) is 0 Å². The van der Waals surface area contributed by atoms with Crippen LogP contribution in [-0.2, 0) is 22.3 Å². The van der Waals surface area contributed by atoms with E-state index in [1.54, 1.807) is 23.5 Å². The molecular weight excluding hydrogens is 537 g/mol. The highest BCUT2D eigenvalue weighted by atomic mass is 32.2. The topological polar surface area (TPSA) is 52.6 Å². The van der Waals surface area contributed by atoms with Crippen LogP contribution in [0.4, 0.5) is 0 Å². The monoisotopic (exact) mass is 580 g/mol. The van der Waals surface area contributed by atoms with Crippen molar-refractivity contribution in [2.45, 2.75) is 114 Å². The van der Waals surface area contributed by atoms with Crippen molar-refractivity contribution in [1.82, 2.24) is 0 Å². The van der Waals surface area contributed by atoms with E-state index in [2.05, 4.69) is 26.0 Å². The molecule has 0 unspecified atom stereocenters. The van der Waals surface area contributed by atoms with E-state index in [-0.39, 0.29) is 11.9 Å². The van der Waals surface area contributed by atoms with Crippen molar-refractivity contribution in [3.63, 3.8) is 0 Å². The van der Waals surface area contributed by atoms with Crippen LogP contribution in [0, 0.1) is 0 Å². The third kappa shape index (κ3) is 8.42. The van der Waals surface area contributed by atoms with Crippen LogP contribution < -0.4 is 0 Å². The lowest BCUT2D eigenvalue weighted by molar-refractivity contribution is 0.0484. The van der Waals surface area contributed by atoms with E-state index in [1.807, 2.05) is 24.3 Å². The van der Waals surface area contributed by atoms with Crippen LogP contribution in [-0.4, -0.2) is 25.2 Å². The van der Waals surface area contributed by atoms with E-state index in [1.165, 1.54) is 72.3 Å². The third-order valence-electron chi connectivity index (χ3n) is 7.56. The highest BCUT2D eigenvalue weighted by Crippen LogP contribution is 2.51. The average molecular weight is 581 g/mol. The van der Waals surface area contributed by atoms with Crippen LogP contribution in [0.1, 0.15) is 123 Å². The molecular formula is C34H44O4S2. The summed E-state index contributed by atoms with van der Waals surface area (Å²) in [6.45, 7) is 5.40. The Morgan fingerprint density at radius 2 is 1.00 bits per heavy atom. The molecule has 2 aliphatic rings. The van der Waals surface area contributed by atoms with Gasteiger partial charge in [-0.05, 0) is 36.1 Å². The van der Waals surface area contributed by atoms with E-state index in [0.717, 1.165) is 48.3 Å². The molecule has 0 fully saturated rings. The van der Waals surface area contributed by atoms with Crippen LogP contribution >= 0.6 is 23.5 Å². The summed E-state index contributed by atoms with van der Waals surface area (Å²) >= 11 is 3.39. The first-order chi connectivity index (χ1) is 19.6. The summed E-state index contributed by atoms with van der Waals surface area (Å²) < 4.78 is 11.3. The van der Waals surface area contributed by atoms with Gasteiger partial charge in [0.1, 0.15) is 0 Å². The van der Waals surface area contributed by atoms with Gasteiger partial charge in [-0.25, -0.2) is 9.59 Å². The highest BCUT2D eigenvalue weighted by Gasteiger charge is 2.30. The number of hydrogen-bond donors (Lipinski definition) is 0. The van der Waals surface area contributed by atoms with Gasteiger partial charge in [0, 0.05) is 32.4 Å². The Bertz CT molecular complexity index is 1090. The number of hydrogen-bond acceptors (Lipinski definition) is 6. The Kier molecular flexibility index (Phi) is 12.5. The fourth-order valence-corrected chi connectivity index (χ4v) is 7.87. The van der Waals surface area contributed by atoms with E-state index in [9.17, 15) is 9.59 Å². The Morgan fingerprint density at radius 1 is 0.600 bits per heavy atom. The van der Waals surface area contributed by atoms with Crippen molar-refractivity contribution < 1.29 is 19.1 Å². The summed E-state index contributed by atoms with van der Waals surface area (Å²) in [7, 11) is 0. The van der Waals surface area contributed by atoms with Crippen LogP contribution in [0.2, 0.25) is 0 Å². The minimum absolute atomic E-state index is 0.220. The Balaban J connectivity index is 1.33. The lowest BCUT2D eigenvalue weighted by atomic mass is 10.1. The number of carbonyl (C=O) groups is 2. The largest absolute Gasteiger partial charge is 0.462 e. The molecule has 0 spiro atoms. The molecule has 6 heteroatoms. The lowest BCUT2D eigenvalue weighted by Gasteiger charge is -2.08. The van der Waals surface area contributed by atoms with Crippen LogP contribution in [0.5, 0.6) is 0 Å². The number of fused-ring (bicyclic) bond motifs is 2. The molecule has 0 saturated heterocycles. The van der Waals surface area contributed by atoms with Gasteiger partial charge in [-0.15, -0.1) is 0 Å². The van der Waals surface area contributed by atoms with Crippen LogP contribution in [0.25, 0.3) is 0 Å². The first-order valence-electron chi connectivity index (χ1n) is 15.3. The van der Waals surface area contributed by atoms with Gasteiger partial charge in [0.05, 0.1) is 24.3 Å². The Morgan fingerprint density at radius 3 is 1.43 bits per heavy atom. The molecule has 4 nitrogen and oxygen atoms in total. The molecule has 4 rings (SSSR count). The second-order valence-electron chi connectivity index (χ2n) is 10.8. The minimum atomic E-state index is -0.220. The molecule has 216 valence electrons. The molecule has 0 aliphatic carbocycles. The number of allylic oxidation sites excluding steroid dienone is 2. The van der Waals surface area contributed by atoms with Crippen LogP contribution in [0.3, 0.4) is 0 Å². The number of benzene rings is 2. The van der Waals surface area contributed by atoms with E-state index >= 15 is 0 Å². The molecule has 2 aromatic rings. The standard InChI is InChI=1S/C34H44O4S2/c1-3-5-7-9-11-13-21-37-33(35)27-19-15-17-25-23-29(39-31(25)27)30-24-26-18-16-20-28(32(26)40-30)34(36)38-22-14-12-10-8-6-4-2/h15-20H,3-14,21-24H2,1-2H3/b30-29-. The van der Waals surface area contributed by atoms with E-state index in [0.29, 0.717) is 24.3 Å². The summed E-state index contributed by atoms with van der Waals surface area (Å²) in [6, 6.07) is 11.9. The van der Waals surface area contributed by atoms with Crippen molar-refractivity contribution in [2.24, 2.45) is 0 Å². The number of esters is 2. The maximum Gasteiger partial charge on any atom is 0.339 e. The van der Waals surface area contributed by atoms with Gasteiger partial charge in [-0.1, -0.05) is 126 Å². The normalized spacial score (nSPS) is 15.7. The second-order valence-corrected chi connectivity index (χ2v) is 13.0. The molecule has 2 heterocycles. The molecule has 0 saturated carbocycles. The van der Waals surface area contributed by atoms with Gasteiger partial charge in [0.25, 0.3) is 0 Å². The van der Waals surface area contributed by atoms with Gasteiger partial charge in [-0.2, -0.15) is 0 Å². The summed E-state index contributed by atoms with van der Waals surface area (Å²) in [5.41, 5.74) is 3.69. The molecule has 2 aromatic carbocycles. The summed E-state index contributed by atoms with van der Waals surface area (Å²) in [5.74, 6) is -0.441. The van der Waals surface area contributed by atoms with Gasteiger partial charge in [0.15, 0.2) is 0 Å². The highest BCUT2D eigenvalue weighted by molar-refractivity contribution is 8.07. The quantitative estimate of drug-likeness (QED) is 0.145. The van der Waals surface area contributed by atoms with Crippen LogP contribution in [0.15, 0.2) is 56.0 Å². The van der Waals surface area contributed by atoms with Crippen molar-refractivity contribution in [3.05, 3.63) is 68.5 Å². The SMILES string of the molecule is CCCCCCCCOC(=O)c1cccc2c1S/C(=C1/Cc3cccc(C(=O)OCCCCCCCC)c3S1)C2. The number of ether oxygens (including phenoxy) is 2. The molecule has 0 atom stereocenters. The van der Waals surface area contributed by atoms with E-state index in [4.69, 9.17) is 9.47 Å². The summed E-state index contributed by atoms with van der Waals surface area (Å²) in [6.07, 6.45) is 15.6. The molecule has 2 aliphatic heterocycles. The number of thioether (sulfide) groups is 2. The zero-order valence-electron chi connectivity index (χ0n) is 24.2. The smallest absolute Gasteiger partial charge is 0.339 e. The lowest BCUT2D eigenvalue weighted by Crippen LogP contribution is -2.08. The number of rotatable bonds is 16.